The molecule has 0 amide bonds. The SMILES string of the molecule is CCCCCCCCCCCCCCCCC(CCP(=O)(O)OC)C(C(C)=O)C(=O)OC. The molecule has 0 aromatic heterocycles. The summed E-state index contributed by atoms with van der Waals surface area (Å²) in [4.78, 5) is 33.9. The topological polar surface area (TPSA) is 89.9 Å². The molecule has 0 radical (unpaired) electrons. The molecule has 6 nitrogen and oxygen atoms in total. The zero-order valence-electron chi connectivity index (χ0n) is 21.1. The average molecular weight is 477 g/mol. The normalized spacial score (nSPS) is 15.2. The van der Waals surface area contributed by atoms with Gasteiger partial charge in [-0.15, -0.1) is 0 Å². The Morgan fingerprint density at radius 1 is 0.781 bits per heavy atom. The second-order valence-electron chi connectivity index (χ2n) is 9.09. The molecule has 3 unspecified atom stereocenters. The molecular weight excluding hydrogens is 427 g/mol. The first-order valence-corrected chi connectivity index (χ1v) is 14.5. The van der Waals surface area contributed by atoms with Crippen LogP contribution in [0.5, 0.6) is 0 Å². The summed E-state index contributed by atoms with van der Waals surface area (Å²) in [5.74, 6) is -1.98. The summed E-state index contributed by atoms with van der Waals surface area (Å²) in [6.07, 6.45) is 18.6. The van der Waals surface area contributed by atoms with E-state index in [1.807, 2.05) is 0 Å². The van der Waals surface area contributed by atoms with E-state index >= 15 is 0 Å². The molecule has 0 fully saturated rings. The van der Waals surface area contributed by atoms with Gasteiger partial charge in [-0.3, -0.25) is 14.2 Å². The molecule has 0 bridgehead atoms. The number of methoxy groups -OCH3 is 1. The number of hydrogen-bond donors (Lipinski definition) is 1. The summed E-state index contributed by atoms with van der Waals surface area (Å²) in [6.45, 7) is 3.64. The van der Waals surface area contributed by atoms with E-state index in [0.717, 1.165) is 19.3 Å². The minimum absolute atomic E-state index is 0.0620. The van der Waals surface area contributed by atoms with Crippen LogP contribution in [0.2, 0.25) is 0 Å². The first-order chi connectivity index (χ1) is 15.3. The van der Waals surface area contributed by atoms with Crippen LogP contribution in [-0.2, 0) is 23.4 Å². The third kappa shape index (κ3) is 16.0. The van der Waals surface area contributed by atoms with Crippen molar-refractivity contribution in [3.8, 4) is 0 Å². The number of carbonyl (C=O) groups is 2. The summed E-state index contributed by atoms with van der Waals surface area (Å²) >= 11 is 0. The van der Waals surface area contributed by atoms with Crippen LogP contribution in [0.25, 0.3) is 0 Å². The van der Waals surface area contributed by atoms with E-state index in [1.54, 1.807) is 0 Å². The highest BCUT2D eigenvalue weighted by Crippen LogP contribution is 2.43. The minimum Gasteiger partial charge on any atom is -0.468 e. The molecule has 3 atom stereocenters. The van der Waals surface area contributed by atoms with Crippen LogP contribution in [0.15, 0.2) is 0 Å². The van der Waals surface area contributed by atoms with Gasteiger partial charge in [0, 0.05) is 7.11 Å². The highest BCUT2D eigenvalue weighted by Gasteiger charge is 2.34. The Hall–Kier alpha value is -0.710. The van der Waals surface area contributed by atoms with Gasteiger partial charge in [0.1, 0.15) is 11.7 Å². The van der Waals surface area contributed by atoms with Crippen LogP contribution in [-0.4, -0.2) is 37.0 Å². The monoisotopic (exact) mass is 476 g/mol. The number of unbranched alkanes of at least 4 members (excludes halogenated alkanes) is 13. The number of ketones is 1. The molecule has 0 aromatic carbocycles. The molecule has 32 heavy (non-hydrogen) atoms. The van der Waals surface area contributed by atoms with E-state index in [1.165, 1.54) is 91.8 Å². The summed E-state index contributed by atoms with van der Waals surface area (Å²) in [5, 5.41) is 0. The van der Waals surface area contributed by atoms with Gasteiger partial charge in [-0.25, -0.2) is 0 Å². The number of Topliss-reactive ketones (excluding diaryl/α,β-unsaturated/α-hetero) is 1. The number of carbonyl (C=O) groups excluding carboxylic acids is 2. The third-order valence-electron chi connectivity index (χ3n) is 6.36. The van der Waals surface area contributed by atoms with Gasteiger partial charge in [0.25, 0.3) is 0 Å². The van der Waals surface area contributed by atoms with E-state index in [4.69, 9.17) is 4.74 Å². The Balaban J connectivity index is 4.14. The lowest BCUT2D eigenvalue weighted by Gasteiger charge is -2.24. The van der Waals surface area contributed by atoms with Gasteiger partial charge >= 0.3 is 13.6 Å². The molecule has 0 aliphatic rings. The number of hydrogen-bond acceptors (Lipinski definition) is 5. The quantitative estimate of drug-likeness (QED) is 0.0777. The molecule has 0 saturated heterocycles. The zero-order chi connectivity index (χ0) is 24.2. The van der Waals surface area contributed by atoms with Crippen molar-refractivity contribution in [3.63, 3.8) is 0 Å². The van der Waals surface area contributed by atoms with E-state index in [-0.39, 0.29) is 17.9 Å². The van der Waals surface area contributed by atoms with Crippen LogP contribution >= 0.6 is 7.60 Å². The van der Waals surface area contributed by atoms with Crippen LogP contribution in [0.1, 0.15) is 117 Å². The van der Waals surface area contributed by atoms with Gasteiger partial charge in [-0.2, -0.15) is 0 Å². The van der Waals surface area contributed by atoms with Crippen molar-refractivity contribution in [2.75, 3.05) is 20.4 Å². The summed E-state index contributed by atoms with van der Waals surface area (Å²) in [6, 6.07) is 0. The molecule has 0 spiro atoms. The second-order valence-corrected chi connectivity index (χ2v) is 11.2. The molecule has 0 aliphatic heterocycles. The predicted octanol–water partition coefficient (Wildman–Crippen LogP) is 7.07. The Morgan fingerprint density at radius 2 is 1.22 bits per heavy atom. The van der Waals surface area contributed by atoms with E-state index in [2.05, 4.69) is 11.4 Å². The highest BCUT2D eigenvalue weighted by molar-refractivity contribution is 7.52. The fourth-order valence-electron chi connectivity index (χ4n) is 4.32. The minimum atomic E-state index is -3.67. The maximum atomic E-state index is 12.1. The van der Waals surface area contributed by atoms with Gasteiger partial charge in [0.15, 0.2) is 0 Å². The lowest BCUT2D eigenvalue weighted by atomic mass is 9.83. The number of esters is 1. The van der Waals surface area contributed by atoms with Crippen LogP contribution < -0.4 is 0 Å². The van der Waals surface area contributed by atoms with Gasteiger partial charge < -0.3 is 14.2 Å². The van der Waals surface area contributed by atoms with Gasteiger partial charge in [-0.05, 0) is 25.7 Å². The summed E-state index contributed by atoms with van der Waals surface area (Å²) in [7, 11) is -1.20. The first kappa shape index (κ1) is 31.3. The van der Waals surface area contributed by atoms with E-state index < -0.39 is 19.5 Å². The van der Waals surface area contributed by atoms with E-state index in [9.17, 15) is 19.0 Å². The van der Waals surface area contributed by atoms with Crippen molar-refractivity contribution in [3.05, 3.63) is 0 Å². The van der Waals surface area contributed by atoms with Crippen molar-refractivity contribution in [2.24, 2.45) is 11.8 Å². The first-order valence-electron chi connectivity index (χ1n) is 12.7. The smallest absolute Gasteiger partial charge is 0.327 e. The standard InChI is InChI=1S/C25H49O6P/c1-5-6-7-8-9-10-11-12-13-14-15-16-17-18-19-23(20-21-32(28,29)31-4)24(22(2)26)25(27)30-3/h23-24H,5-21H2,1-4H3,(H,28,29). The van der Waals surface area contributed by atoms with Gasteiger partial charge in [-0.1, -0.05) is 96.8 Å². The third-order valence-corrected chi connectivity index (χ3v) is 7.75. The lowest BCUT2D eigenvalue weighted by Crippen LogP contribution is -2.31. The van der Waals surface area contributed by atoms with Crippen molar-refractivity contribution in [1.82, 2.24) is 0 Å². The second kappa shape index (κ2) is 19.7. The molecular formula is C25H49O6P. The summed E-state index contributed by atoms with van der Waals surface area (Å²) < 4.78 is 21.3. The Morgan fingerprint density at radius 3 is 1.59 bits per heavy atom. The van der Waals surface area contributed by atoms with Crippen molar-refractivity contribution in [1.29, 1.82) is 0 Å². The Labute approximate surface area is 196 Å². The maximum Gasteiger partial charge on any atom is 0.327 e. The molecule has 0 saturated carbocycles. The van der Waals surface area contributed by atoms with Gasteiger partial charge in [0.05, 0.1) is 13.3 Å². The van der Waals surface area contributed by atoms with Crippen LogP contribution in [0.4, 0.5) is 0 Å². The Kier molecular flexibility index (Phi) is 19.3. The average Bonchev–Trinajstić information content (AvgIpc) is 2.76. The fraction of sp³-hybridized carbons (Fsp3) is 0.920. The van der Waals surface area contributed by atoms with Crippen molar-refractivity contribution in [2.45, 2.75) is 117 Å². The van der Waals surface area contributed by atoms with Crippen LogP contribution in [0.3, 0.4) is 0 Å². The number of ether oxygens (including phenoxy) is 1. The molecule has 0 rings (SSSR count). The lowest BCUT2D eigenvalue weighted by molar-refractivity contribution is -0.151. The molecule has 0 aliphatic carbocycles. The highest BCUT2D eigenvalue weighted by atomic mass is 31.2. The maximum absolute atomic E-state index is 12.1. The zero-order valence-corrected chi connectivity index (χ0v) is 22.0. The largest absolute Gasteiger partial charge is 0.468 e. The van der Waals surface area contributed by atoms with E-state index in [0.29, 0.717) is 12.8 Å². The van der Waals surface area contributed by atoms with Crippen molar-refractivity contribution < 1.29 is 28.3 Å². The molecule has 0 heterocycles. The Bertz CT molecular complexity index is 537. The van der Waals surface area contributed by atoms with Gasteiger partial charge in [0.2, 0.25) is 0 Å². The fourth-order valence-corrected chi connectivity index (χ4v) is 5.16. The summed E-state index contributed by atoms with van der Waals surface area (Å²) in [5.41, 5.74) is 0. The van der Waals surface area contributed by atoms with Crippen molar-refractivity contribution >= 4 is 19.3 Å². The molecule has 190 valence electrons. The van der Waals surface area contributed by atoms with Crippen LogP contribution in [0, 0.1) is 11.8 Å². The number of rotatable bonds is 22. The molecule has 0 aromatic rings. The predicted molar refractivity (Wildman–Crippen MR) is 131 cm³/mol. The molecule has 1 N–H and O–H groups in total. The molecule has 7 heteroatoms.